The van der Waals surface area contributed by atoms with Crippen molar-refractivity contribution in [3.63, 3.8) is 0 Å². The molecule has 0 radical (unpaired) electrons. The lowest BCUT2D eigenvalue weighted by molar-refractivity contribution is -0.137. The normalized spacial score (nSPS) is 16.3. The van der Waals surface area contributed by atoms with E-state index in [1.54, 1.807) is 18.5 Å². The van der Waals surface area contributed by atoms with Gasteiger partial charge in [0.05, 0.1) is 29.9 Å². The molecule has 0 saturated carbocycles. The average molecular weight is 483 g/mol. The first-order valence-electron chi connectivity index (χ1n) is 11.6. The van der Waals surface area contributed by atoms with Crippen LogP contribution in [0.3, 0.4) is 0 Å². The number of fused-ring (bicyclic) bond motifs is 1. The van der Waals surface area contributed by atoms with E-state index < -0.39 is 11.7 Å². The van der Waals surface area contributed by atoms with E-state index in [4.69, 9.17) is 4.74 Å². The van der Waals surface area contributed by atoms with Crippen molar-refractivity contribution in [3.8, 4) is 16.8 Å². The Hall–Kier alpha value is -3.43. The molecule has 1 aliphatic heterocycles. The van der Waals surface area contributed by atoms with Gasteiger partial charge in [0.2, 0.25) is 0 Å². The monoisotopic (exact) mass is 482 g/mol. The minimum absolute atomic E-state index is 0.271. The second-order valence-electron chi connectivity index (χ2n) is 8.65. The number of aromatic nitrogens is 3. The molecule has 1 atom stereocenters. The molecule has 1 fully saturated rings. The third-order valence-electron chi connectivity index (χ3n) is 6.27. The highest BCUT2D eigenvalue weighted by Gasteiger charge is 2.30. The van der Waals surface area contributed by atoms with E-state index in [9.17, 15) is 18.0 Å². The highest BCUT2D eigenvalue weighted by molar-refractivity contribution is 5.81. The summed E-state index contributed by atoms with van der Waals surface area (Å²) in [6, 6.07) is 13.6. The van der Waals surface area contributed by atoms with Crippen LogP contribution in [0, 0.1) is 0 Å². The number of alkyl halides is 3. The first-order valence-corrected chi connectivity index (χ1v) is 11.6. The third kappa shape index (κ3) is 5.16. The molecule has 0 amide bonds. The predicted octanol–water partition coefficient (Wildman–Crippen LogP) is 4.64. The van der Waals surface area contributed by atoms with Gasteiger partial charge in [0.15, 0.2) is 0 Å². The molecule has 5 rings (SSSR count). The molecule has 2 aromatic carbocycles. The zero-order valence-electron chi connectivity index (χ0n) is 19.0. The van der Waals surface area contributed by atoms with Crippen LogP contribution in [0.15, 0.2) is 71.8 Å². The summed E-state index contributed by atoms with van der Waals surface area (Å²) in [5.74, 6) is 0. The quantitative estimate of drug-likeness (QED) is 0.390. The standard InChI is InChI=1S/C26H25F3N4O2/c27-26(28,29)21-5-3-18(4-6-21)19-9-11-32(25(34)15-19)22-7-8-24-20(14-22)16-31-33(24)12-10-30-17-23-2-1-13-35-23/h3-9,11,14-16,23,30H,1-2,10,12-13,17H2. The zero-order chi connectivity index (χ0) is 24.4. The summed E-state index contributed by atoms with van der Waals surface area (Å²) in [7, 11) is 0. The van der Waals surface area contributed by atoms with Crippen LogP contribution < -0.4 is 10.9 Å². The van der Waals surface area contributed by atoms with Crippen LogP contribution in [-0.2, 0) is 17.5 Å². The lowest BCUT2D eigenvalue weighted by Crippen LogP contribution is -2.29. The largest absolute Gasteiger partial charge is 0.416 e. The van der Waals surface area contributed by atoms with Crippen molar-refractivity contribution in [3.05, 3.63) is 82.9 Å². The van der Waals surface area contributed by atoms with Gasteiger partial charge in [-0.2, -0.15) is 18.3 Å². The Kier molecular flexibility index (Phi) is 6.44. The molecule has 6 nitrogen and oxygen atoms in total. The maximum atomic E-state index is 12.8. The van der Waals surface area contributed by atoms with Crippen molar-refractivity contribution in [2.24, 2.45) is 0 Å². The molecule has 3 heterocycles. The molecule has 1 saturated heterocycles. The van der Waals surface area contributed by atoms with Gasteiger partial charge in [-0.15, -0.1) is 0 Å². The smallest absolute Gasteiger partial charge is 0.377 e. The number of benzene rings is 2. The molecule has 2 aromatic heterocycles. The molecule has 1 aliphatic rings. The van der Waals surface area contributed by atoms with Crippen molar-refractivity contribution in [1.82, 2.24) is 19.7 Å². The highest BCUT2D eigenvalue weighted by Crippen LogP contribution is 2.30. The number of halogens is 3. The van der Waals surface area contributed by atoms with Gasteiger partial charge in [-0.1, -0.05) is 12.1 Å². The summed E-state index contributed by atoms with van der Waals surface area (Å²) in [5.41, 5.74) is 1.78. The number of nitrogens with zero attached hydrogens (tertiary/aromatic N) is 3. The summed E-state index contributed by atoms with van der Waals surface area (Å²) >= 11 is 0. The molecular weight excluding hydrogens is 457 g/mol. The fourth-order valence-electron chi connectivity index (χ4n) is 4.38. The van der Waals surface area contributed by atoms with Crippen molar-refractivity contribution in [2.45, 2.75) is 31.7 Å². The van der Waals surface area contributed by atoms with E-state index in [2.05, 4.69) is 10.4 Å². The number of ether oxygens (including phenoxy) is 1. The van der Waals surface area contributed by atoms with Gasteiger partial charge in [0.1, 0.15) is 0 Å². The summed E-state index contributed by atoms with van der Waals surface area (Å²) < 4.78 is 47.5. The van der Waals surface area contributed by atoms with Gasteiger partial charge in [0, 0.05) is 43.0 Å². The van der Waals surface area contributed by atoms with Gasteiger partial charge < -0.3 is 10.1 Å². The van der Waals surface area contributed by atoms with Crippen LogP contribution in [0.5, 0.6) is 0 Å². The molecule has 0 spiro atoms. The van der Waals surface area contributed by atoms with Crippen LogP contribution in [0.2, 0.25) is 0 Å². The predicted molar refractivity (Wildman–Crippen MR) is 128 cm³/mol. The van der Waals surface area contributed by atoms with Crippen molar-refractivity contribution in [2.75, 3.05) is 19.7 Å². The summed E-state index contributed by atoms with van der Waals surface area (Å²) in [6.45, 7) is 3.19. The fraction of sp³-hybridized carbons (Fsp3) is 0.308. The van der Waals surface area contributed by atoms with Crippen LogP contribution in [-0.4, -0.2) is 40.1 Å². The molecule has 0 aliphatic carbocycles. The summed E-state index contributed by atoms with van der Waals surface area (Å²) in [5, 5.41) is 8.81. The summed E-state index contributed by atoms with van der Waals surface area (Å²) in [6.07, 6.45) is 1.55. The highest BCUT2D eigenvalue weighted by atomic mass is 19.4. The Morgan fingerprint density at radius 1 is 1.06 bits per heavy atom. The lowest BCUT2D eigenvalue weighted by Gasteiger charge is -2.11. The zero-order valence-corrected chi connectivity index (χ0v) is 19.0. The van der Waals surface area contributed by atoms with Gasteiger partial charge in [-0.05, 0) is 60.4 Å². The molecular formula is C26H25F3N4O2. The Labute approximate surface area is 199 Å². The molecule has 9 heteroatoms. The Morgan fingerprint density at radius 3 is 2.60 bits per heavy atom. The van der Waals surface area contributed by atoms with Crippen LogP contribution >= 0.6 is 0 Å². The number of nitrogens with one attached hydrogen (secondary N) is 1. The first kappa shape index (κ1) is 23.3. The van der Waals surface area contributed by atoms with Crippen LogP contribution in [0.4, 0.5) is 13.2 Å². The van der Waals surface area contributed by atoms with Crippen molar-refractivity contribution in [1.29, 1.82) is 0 Å². The van der Waals surface area contributed by atoms with Crippen molar-refractivity contribution >= 4 is 10.9 Å². The van der Waals surface area contributed by atoms with Crippen molar-refractivity contribution < 1.29 is 17.9 Å². The number of hydrogen-bond acceptors (Lipinski definition) is 4. The minimum atomic E-state index is -4.39. The molecule has 4 aromatic rings. The molecule has 1 N–H and O–H groups in total. The second kappa shape index (κ2) is 9.67. The molecule has 35 heavy (non-hydrogen) atoms. The topological polar surface area (TPSA) is 61.1 Å². The maximum Gasteiger partial charge on any atom is 0.416 e. The first-order chi connectivity index (χ1) is 16.9. The van der Waals surface area contributed by atoms with E-state index in [0.29, 0.717) is 22.9 Å². The minimum Gasteiger partial charge on any atom is -0.377 e. The fourth-order valence-corrected chi connectivity index (χ4v) is 4.38. The number of hydrogen-bond donors (Lipinski definition) is 1. The SMILES string of the molecule is O=c1cc(-c2ccc(C(F)(F)F)cc2)ccn1-c1ccc2c(cnn2CCNCC2CCCO2)c1. The van der Waals surface area contributed by atoms with E-state index in [1.165, 1.54) is 22.8 Å². The van der Waals surface area contributed by atoms with Crippen LogP contribution in [0.1, 0.15) is 18.4 Å². The lowest BCUT2D eigenvalue weighted by atomic mass is 10.0. The maximum absolute atomic E-state index is 12.8. The molecule has 182 valence electrons. The van der Waals surface area contributed by atoms with Gasteiger partial charge in [0.25, 0.3) is 5.56 Å². The second-order valence-corrected chi connectivity index (χ2v) is 8.65. The van der Waals surface area contributed by atoms with Gasteiger partial charge in [-0.3, -0.25) is 14.0 Å². The Morgan fingerprint density at radius 2 is 1.89 bits per heavy atom. The van der Waals surface area contributed by atoms with Gasteiger partial charge in [-0.25, -0.2) is 0 Å². The Bertz CT molecular complexity index is 1370. The molecule has 0 bridgehead atoms. The third-order valence-corrected chi connectivity index (χ3v) is 6.27. The summed E-state index contributed by atoms with van der Waals surface area (Å²) in [4.78, 5) is 12.8. The Balaban J connectivity index is 1.29. The van der Waals surface area contributed by atoms with E-state index in [-0.39, 0.29) is 5.56 Å². The van der Waals surface area contributed by atoms with E-state index in [0.717, 1.165) is 62.1 Å². The number of pyridine rings is 1. The number of rotatable bonds is 7. The van der Waals surface area contributed by atoms with E-state index >= 15 is 0 Å². The molecule has 1 unspecified atom stereocenters. The van der Waals surface area contributed by atoms with E-state index in [1.807, 2.05) is 22.9 Å². The average Bonchev–Trinajstić information content (AvgIpc) is 3.51. The van der Waals surface area contributed by atoms with Crippen LogP contribution in [0.25, 0.3) is 27.7 Å². The van der Waals surface area contributed by atoms with Gasteiger partial charge >= 0.3 is 6.18 Å².